The van der Waals surface area contributed by atoms with Gasteiger partial charge in [0, 0.05) is 29.9 Å². The van der Waals surface area contributed by atoms with Crippen LogP contribution in [0.4, 0.5) is 5.69 Å². The van der Waals surface area contributed by atoms with Crippen molar-refractivity contribution in [2.24, 2.45) is 0 Å². The van der Waals surface area contributed by atoms with Gasteiger partial charge >= 0.3 is 0 Å². The highest BCUT2D eigenvalue weighted by molar-refractivity contribution is 6.35. The van der Waals surface area contributed by atoms with Crippen LogP contribution in [0.15, 0.2) is 24.3 Å². The van der Waals surface area contributed by atoms with Gasteiger partial charge in [-0.05, 0) is 45.0 Å². The molecule has 0 radical (unpaired) electrons. The Morgan fingerprint density at radius 1 is 1.20 bits per heavy atom. The van der Waals surface area contributed by atoms with E-state index in [1.807, 2.05) is 19.1 Å². The smallest absolute Gasteiger partial charge is 0.0726 e. The van der Waals surface area contributed by atoms with Gasteiger partial charge in [0.05, 0.1) is 22.7 Å². The molecule has 106 valence electrons. The molecule has 0 bridgehead atoms. The average Bonchev–Trinajstić information content (AvgIpc) is 2.37. The molecular formula is C16H19ClN2O. The van der Waals surface area contributed by atoms with Crippen molar-refractivity contribution in [1.29, 1.82) is 0 Å². The molecule has 1 saturated heterocycles. The summed E-state index contributed by atoms with van der Waals surface area (Å²) in [7, 11) is 0. The molecule has 2 unspecified atom stereocenters. The quantitative estimate of drug-likeness (QED) is 0.798. The first-order valence-corrected chi connectivity index (χ1v) is 7.38. The summed E-state index contributed by atoms with van der Waals surface area (Å²) in [4.78, 5) is 6.88. The Morgan fingerprint density at radius 2 is 1.90 bits per heavy atom. The number of aromatic nitrogens is 1. The number of fused-ring (bicyclic) bond motifs is 1. The van der Waals surface area contributed by atoms with Crippen molar-refractivity contribution in [3.05, 3.63) is 35.0 Å². The van der Waals surface area contributed by atoms with E-state index in [-0.39, 0.29) is 12.2 Å². The maximum atomic E-state index is 6.35. The molecule has 0 amide bonds. The highest BCUT2D eigenvalue weighted by Gasteiger charge is 2.22. The lowest BCUT2D eigenvalue weighted by Gasteiger charge is -2.37. The molecule has 1 fully saturated rings. The molecule has 1 aliphatic rings. The van der Waals surface area contributed by atoms with Gasteiger partial charge in [0.25, 0.3) is 0 Å². The predicted octanol–water partition coefficient (Wildman–Crippen LogP) is 3.81. The van der Waals surface area contributed by atoms with E-state index in [0.29, 0.717) is 0 Å². The van der Waals surface area contributed by atoms with Crippen molar-refractivity contribution in [3.8, 4) is 0 Å². The number of nitrogens with zero attached hydrogens (tertiary/aromatic N) is 2. The minimum Gasteiger partial charge on any atom is -0.372 e. The van der Waals surface area contributed by atoms with Crippen LogP contribution in [0.5, 0.6) is 0 Å². The minimum atomic E-state index is 0.251. The zero-order valence-electron chi connectivity index (χ0n) is 12.1. The number of hydrogen-bond acceptors (Lipinski definition) is 3. The number of hydrogen-bond donors (Lipinski definition) is 0. The standard InChI is InChI=1S/C16H19ClN2O/c1-10-6-15(17)14-7-13(4-5-16(14)18-10)19-8-11(2)20-12(3)9-19/h4-7,11-12H,8-9H2,1-3H3. The Balaban J connectivity index is 2.00. The van der Waals surface area contributed by atoms with Crippen LogP contribution < -0.4 is 4.90 Å². The van der Waals surface area contributed by atoms with Crippen LogP contribution in [-0.2, 0) is 4.74 Å². The summed E-state index contributed by atoms with van der Waals surface area (Å²) in [5.74, 6) is 0. The molecule has 0 saturated carbocycles. The van der Waals surface area contributed by atoms with E-state index in [1.54, 1.807) is 0 Å². The Kier molecular flexibility index (Phi) is 3.57. The minimum absolute atomic E-state index is 0.251. The molecule has 20 heavy (non-hydrogen) atoms. The molecule has 0 N–H and O–H groups in total. The van der Waals surface area contributed by atoms with Gasteiger partial charge in [-0.1, -0.05) is 11.6 Å². The summed E-state index contributed by atoms with van der Waals surface area (Å²) in [6.45, 7) is 8.01. The van der Waals surface area contributed by atoms with Gasteiger partial charge in [-0.2, -0.15) is 0 Å². The van der Waals surface area contributed by atoms with E-state index in [0.717, 1.165) is 34.7 Å². The highest BCUT2D eigenvalue weighted by Crippen LogP contribution is 2.29. The molecule has 1 aromatic carbocycles. The molecule has 3 rings (SSSR count). The first-order chi connectivity index (χ1) is 9.52. The lowest BCUT2D eigenvalue weighted by Crippen LogP contribution is -2.45. The van der Waals surface area contributed by atoms with Crippen molar-refractivity contribution in [3.63, 3.8) is 0 Å². The van der Waals surface area contributed by atoms with E-state index in [9.17, 15) is 0 Å². The van der Waals surface area contributed by atoms with Gasteiger partial charge in [-0.15, -0.1) is 0 Å². The molecule has 2 atom stereocenters. The zero-order chi connectivity index (χ0) is 14.3. The van der Waals surface area contributed by atoms with Crippen LogP contribution >= 0.6 is 11.6 Å². The molecule has 2 aromatic rings. The second-order valence-electron chi connectivity index (χ2n) is 5.61. The number of aryl methyl sites for hydroxylation is 1. The number of halogens is 1. The first-order valence-electron chi connectivity index (χ1n) is 7.00. The zero-order valence-corrected chi connectivity index (χ0v) is 12.8. The predicted molar refractivity (Wildman–Crippen MR) is 83.7 cm³/mol. The Morgan fingerprint density at radius 3 is 2.60 bits per heavy atom. The fourth-order valence-corrected chi connectivity index (χ4v) is 3.19. The van der Waals surface area contributed by atoms with Crippen molar-refractivity contribution in [1.82, 2.24) is 4.98 Å². The lowest BCUT2D eigenvalue weighted by atomic mass is 10.1. The Labute approximate surface area is 124 Å². The van der Waals surface area contributed by atoms with Crippen molar-refractivity contribution in [2.45, 2.75) is 33.0 Å². The number of morpholine rings is 1. The van der Waals surface area contributed by atoms with Gasteiger partial charge in [0.2, 0.25) is 0 Å². The molecule has 0 aliphatic carbocycles. The molecule has 1 aliphatic heterocycles. The first kappa shape index (κ1) is 13.7. The summed E-state index contributed by atoms with van der Waals surface area (Å²) in [5.41, 5.74) is 3.09. The SMILES string of the molecule is Cc1cc(Cl)c2cc(N3CC(C)OC(C)C3)ccc2n1. The molecule has 4 heteroatoms. The summed E-state index contributed by atoms with van der Waals surface area (Å²) >= 11 is 6.35. The fourth-order valence-electron chi connectivity index (χ4n) is 2.88. The molecule has 2 heterocycles. The van der Waals surface area contributed by atoms with E-state index >= 15 is 0 Å². The molecular weight excluding hydrogens is 272 g/mol. The van der Waals surface area contributed by atoms with E-state index in [4.69, 9.17) is 16.3 Å². The van der Waals surface area contributed by atoms with Crippen LogP contribution in [0.3, 0.4) is 0 Å². The third-order valence-corrected chi connectivity index (χ3v) is 3.97. The van der Waals surface area contributed by atoms with Gasteiger partial charge in [0.1, 0.15) is 0 Å². The number of anilines is 1. The van der Waals surface area contributed by atoms with Gasteiger partial charge in [-0.3, -0.25) is 4.98 Å². The van der Waals surface area contributed by atoms with E-state index in [1.165, 1.54) is 5.69 Å². The van der Waals surface area contributed by atoms with E-state index in [2.05, 4.69) is 35.9 Å². The average molecular weight is 291 g/mol. The van der Waals surface area contributed by atoms with Gasteiger partial charge in [-0.25, -0.2) is 0 Å². The van der Waals surface area contributed by atoms with Crippen LogP contribution in [0.1, 0.15) is 19.5 Å². The highest BCUT2D eigenvalue weighted by atomic mass is 35.5. The maximum absolute atomic E-state index is 6.35. The normalized spacial score (nSPS) is 23.3. The third-order valence-electron chi connectivity index (χ3n) is 3.65. The summed E-state index contributed by atoms with van der Waals surface area (Å²) < 4.78 is 5.78. The topological polar surface area (TPSA) is 25.4 Å². The number of ether oxygens (including phenoxy) is 1. The van der Waals surface area contributed by atoms with Crippen molar-refractivity contribution in [2.75, 3.05) is 18.0 Å². The fraction of sp³-hybridized carbons (Fsp3) is 0.438. The Hall–Kier alpha value is -1.32. The van der Waals surface area contributed by atoms with E-state index < -0.39 is 0 Å². The lowest BCUT2D eigenvalue weighted by molar-refractivity contribution is -0.00520. The second-order valence-corrected chi connectivity index (χ2v) is 6.02. The second kappa shape index (κ2) is 5.23. The van der Waals surface area contributed by atoms with Crippen molar-refractivity contribution >= 4 is 28.2 Å². The summed E-state index contributed by atoms with van der Waals surface area (Å²) in [5, 5.41) is 1.78. The largest absolute Gasteiger partial charge is 0.372 e. The van der Waals surface area contributed by atoms with Gasteiger partial charge < -0.3 is 9.64 Å². The Bertz CT molecular complexity index is 634. The van der Waals surface area contributed by atoms with Crippen LogP contribution in [0, 0.1) is 6.92 Å². The summed E-state index contributed by atoms with van der Waals surface area (Å²) in [6, 6.07) is 8.22. The number of benzene rings is 1. The molecule has 3 nitrogen and oxygen atoms in total. The maximum Gasteiger partial charge on any atom is 0.0726 e. The van der Waals surface area contributed by atoms with Crippen LogP contribution in [0.25, 0.3) is 10.9 Å². The third kappa shape index (κ3) is 2.60. The molecule has 1 aromatic heterocycles. The summed E-state index contributed by atoms with van der Waals surface area (Å²) in [6.07, 6.45) is 0.502. The van der Waals surface area contributed by atoms with Gasteiger partial charge in [0.15, 0.2) is 0 Å². The molecule has 0 spiro atoms. The van der Waals surface area contributed by atoms with Crippen LogP contribution in [0.2, 0.25) is 5.02 Å². The van der Waals surface area contributed by atoms with Crippen LogP contribution in [-0.4, -0.2) is 30.3 Å². The number of pyridine rings is 1. The van der Waals surface area contributed by atoms with Crippen molar-refractivity contribution < 1.29 is 4.74 Å². The number of rotatable bonds is 1. The monoisotopic (exact) mass is 290 g/mol.